The third-order valence-corrected chi connectivity index (χ3v) is 5.24. The summed E-state index contributed by atoms with van der Waals surface area (Å²) < 4.78 is 66.3. The SMILES string of the molecule is O=C1NC[C@@H](C(=O)NC(c2ccc(F)c(Cl)c2F)C2CC(C(F)(F)F)C2)N1. The molecule has 3 rings (SSSR count). The van der Waals surface area contributed by atoms with E-state index in [1.807, 2.05) is 0 Å². The predicted molar refractivity (Wildman–Crippen MR) is 84.8 cm³/mol. The fraction of sp³-hybridized carbons (Fsp3) is 0.500. The second-order valence-corrected chi connectivity index (χ2v) is 7.01. The average molecular weight is 412 g/mol. The zero-order valence-corrected chi connectivity index (χ0v) is 14.4. The molecule has 2 atom stereocenters. The molecule has 0 bridgehead atoms. The van der Waals surface area contributed by atoms with E-state index in [0.29, 0.717) is 0 Å². The minimum atomic E-state index is -4.38. The van der Waals surface area contributed by atoms with Gasteiger partial charge in [0.1, 0.15) is 22.7 Å². The zero-order chi connectivity index (χ0) is 19.9. The van der Waals surface area contributed by atoms with Crippen molar-refractivity contribution in [2.45, 2.75) is 31.1 Å². The highest BCUT2D eigenvalue weighted by Crippen LogP contribution is 2.50. The first-order chi connectivity index (χ1) is 12.6. The molecular weight excluding hydrogens is 397 g/mol. The highest BCUT2D eigenvalue weighted by Gasteiger charge is 2.51. The molecule has 1 saturated carbocycles. The number of carbonyl (C=O) groups is 2. The standard InChI is InChI=1S/C16H15ClF5N3O2/c17-11-9(18)2-1-8(12(11)19)13(6-3-7(4-6)16(20,21)22)25-14(26)10-5-23-15(27)24-10/h1-2,6-7,10,13H,3-5H2,(H,25,26)(H2,23,24,27)/t6?,7?,10-,13?/m0/s1. The topological polar surface area (TPSA) is 70.2 Å². The molecular formula is C16H15ClF5N3O2. The smallest absolute Gasteiger partial charge is 0.347 e. The van der Waals surface area contributed by atoms with Crippen LogP contribution in [0.3, 0.4) is 0 Å². The molecule has 148 valence electrons. The number of alkyl halides is 3. The van der Waals surface area contributed by atoms with Crippen LogP contribution in [0.1, 0.15) is 24.4 Å². The summed E-state index contributed by atoms with van der Waals surface area (Å²) in [4.78, 5) is 23.5. The number of amides is 3. The van der Waals surface area contributed by atoms with Gasteiger partial charge in [-0.05, 0) is 24.8 Å². The molecule has 27 heavy (non-hydrogen) atoms. The van der Waals surface area contributed by atoms with Gasteiger partial charge >= 0.3 is 12.2 Å². The van der Waals surface area contributed by atoms with E-state index in [1.165, 1.54) is 0 Å². The van der Waals surface area contributed by atoms with Gasteiger partial charge in [0.05, 0.1) is 12.0 Å². The van der Waals surface area contributed by atoms with Crippen molar-refractivity contribution in [2.75, 3.05) is 6.54 Å². The Labute approximate surface area is 155 Å². The third-order valence-electron chi connectivity index (χ3n) is 4.90. The Bertz CT molecular complexity index is 767. The van der Waals surface area contributed by atoms with Crippen LogP contribution < -0.4 is 16.0 Å². The van der Waals surface area contributed by atoms with E-state index in [1.54, 1.807) is 0 Å². The van der Waals surface area contributed by atoms with Crippen LogP contribution in [0.25, 0.3) is 0 Å². The molecule has 2 aliphatic rings. The summed E-state index contributed by atoms with van der Waals surface area (Å²) in [5, 5.41) is 6.38. The first kappa shape index (κ1) is 19.7. The Kier molecular flexibility index (Phi) is 5.20. The van der Waals surface area contributed by atoms with Crippen molar-refractivity contribution < 1.29 is 31.5 Å². The largest absolute Gasteiger partial charge is 0.391 e. The van der Waals surface area contributed by atoms with Crippen molar-refractivity contribution in [2.24, 2.45) is 11.8 Å². The number of rotatable bonds is 4. The Morgan fingerprint density at radius 1 is 1.26 bits per heavy atom. The molecule has 1 aromatic carbocycles. The van der Waals surface area contributed by atoms with Gasteiger partial charge in [-0.1, -0.05) is 17.7 Å². The summed E-state index contributed by atoms with van der Waals surface area (Å²) in [6, 6.07) is -0.709. The summed E-state index contributed by atoms with van der Waals surface area (Å²) in [6.45, 7) is -0.0140. The number of benzene rings is 1. The van der Waals surface area contributed by atoms with E-state index >= 15 is 0 Å². The highest BCUT2D eigenvalue weighted by molar-refractivity contribution is 6.31. The average Bonchev–Trinajstić information content (AvgIpc) is 2.96. The lowest BCUT2D eigenvalue weighted by molar-refractivity contribution is -0.207. The van der Waals surface area contributed by atoms with Crippen molar-refractivity contribution in [1.82, 2.24) is 16.0 Å². The molecule has 1 unspecified atom stereocenters. The summed E-state index contributed by atoms with van der Waals surface area (Å²) in [5.74, 6) is -5.09. The lowest BCUT2D eigenvalue weighted by Crippen LogP contribution is -2.49. The van der Waals surface area contributed by atoms with E-state index in [0.717, 1.165) is 12.1 Å². The Hall–Kier alpha value is -2.10. The highest BCUT2D eigenvalue weighted by atomic mass is 35.5. The first-order valence-electron chi connectivity index (χ1n) is 8.12. The first-order valence-corrected chi connectivity index (χ1v) is 8.50. The van der Waals surface area contributed by atoms with Crippen molar-refractivity contribution >= 4 is 23.5 Å². The van der Waals surface area contributed by atoms with Gasteiger partial charge in [-0.15, -0.1) is 0 Å². The maximum absolute atomic E-state index is 14.4. The fourth-order valence-electron chi connectivity index (χ4n) is 3.30. The van der Waals surface area contributed by atoms with Crippen LogP contribution in [0.5, 0.6) is 0 Å². The van der Waals surface area contributed by atoms with Crippen LogP contribution in [-0.4, -0.2) is 30.7 Å². The van der Waals surface area contributed by atoms with Crippen LogP contribution in [0, 0.1) is 23.5 Å². The Balaban J connectivity index is 1.83. The van der Waals surface area contributed by atoms with Gasteiger partial charge in [0.25, 0.3) is 0 Å². The zero-order valence-electron chi connectivity index (χ0n) is 13.7. The van der Waals surface area contributed by atoms with E-state index in [-0.39, 0.29) is 24.9 Å². The number of hydrogen-bond donors (Lipinski definition) is 3. The summed E-state index contributed by atoms with van der Waals surface area (Å²) in [7, 11) is 0. The number of nitrogens with one attached hydrogen (secondary N) is 3. The van der Waals surface area contributed by atoms with E-state index < -0.39 is 58.7 Å². The van der Waals surface area contributed by atoms with E-state index in [4.69, 9.17) is 11.6 Å². The molecule has 11 heteroatoms. The molecule has 1 saturated heterocycles. The minimum absolute atomic E-state index is 0.0140. The normalized spacial score (nSPS) is 26.0. The van der Waals surface area contributed by atoms with Crippen molar-refractivity contribution in [3.8, 4) is 0 Å². The molecule has 3 N–H and O–H groups in total. The second kappa shape index (κ2) is 7.14. The number of urea groups is 1. The summed E-state index contributed by atoms with van der Waals surface area (Å²) >= 11 is 5.57. The Morgan fingerprint density at radius 3 is 2.48 bits per heavy atom. The molecule has 0 aromatic heterocycles. The van der Waals surface area contributed by atoms with Crippen molar-refractivity contribution in [3.05, 3.63) is 34.4 Å². The minimum Gasteiger partial charge on any atom is -0.347 e. The summed E-state index contributed by atoms with van der Waals surface area (Å²) in [6.07, 6.45) is -5.00. The van der Waals surface area contributed by atoms with Gasteiger partial charge in [0.15, 0.2) is 0 Å². The van der Waals surface area contributed by atoms with Gasteiger partial charge in [-0.25, -0.2) is 13.6 Å². The fourth-order valence-corrected chi connectivity index (χ4v) is 3.47. The van der Waals surface area contributed by atoms with Crippen LogP contribution in [0.2, 0.25) is 5.02 Å². The van der Waals surface area contributed by atoms with Crippen molar-refractivity contribution in [1.29, 1.82) is 0 Å². The van der Waals surface area contributed by atoms with Gasteiger partial charge in [-0.3, -0.25) is 4.79 Å². The summed E-state index contributed by atoms with van der Waals surface area (Å²) in [5.41, 5.74) is -0.197. The van der Waals surface area contributed by atoms with Crippen LogP contribution in [-0.2, 0) is 4.79 Å². The molecule has 1 aromatic rings. The van der Waals surface area contributed by atoms with Crippen molar-refractivity contribution in [3.63, 3.8) is 0 Å². The van der Waals surface area contributed by atoms with Gasteiger partial charge in [0.2, 0.25) is 5.91 Å². The molecule has 2 fully saturated rings. The molecule has 5 nitrogen and oxygen atoms in total. The van der Waals surface area contributed by atoms with E-state index in [9.17, 15) is 31.5 Å². The van der Waals surface area contributed by atoms with E-state index in [2.05, 4.69) is 16.0 Å². The third kappa shape index (κ3) is 3.95. The number of carbonyl (C=O) groups excluding carboxylic acids is 2. The quantitative estimate of drug-likeness (QED) is 0.526. The second-order valence-electron chi connectivity index (χ2n) is 6.63. The van der Waals surface area contributed by atoms with Gasteiger partial charge in [0, 0.05) is 12.1 Å². The molecule has 1 aliphatic carbocycles. The Morgan fingerprint density at radius 2 is 1.93 bits per heavy atom. The lowest BCUT2D eigenvalue weighted by Gasteiger charge is -2.41. The number of halogens is 6. The van der Waals surface area contributed by atoms with Crippen LogP contribution in [0.4, 0.5) is 26.7 Å². The molecule has 3 amide bonds. The molecule has 1 heterocycles. The molecule has 0 spiro atoms. The lowest BCUT2D eigenvalue weighted by atomic mass is 9.69. The monoisotopic (exact) mass is 411 g/mol. The number of hydrogen-bond acceptors (Lipinski definition) is 2. The maximum Gasteiger partial charge on any atom is 0.391 e. The van der Waals surface area contributed by atoms with Gasteiger partial charge < -0.3 is 16.0 Å². The predicted octanol–water partition coefficient (Wildman–Crippen LogP) is 3.05. The molecule has 0 radical (unpaired) electrons. The maximum atomic E-state index is 14.4. The van der Waals surface area contributed by atoms with Crippen LogP contribution >= 0.6 is 11.6 Å². The molecule has 1 aliphatic heterocycles. The van der Waals surface area contributed by atoms with Gasteiger partial charge in [-0.2, -0.15) is 13.2 Å². The van der Waals surface area contributed by atoms with Crippen LogP contribution in [0.15, 0.2) is 12.1 Å².